The third-order valence-corrected chi connectivity index (χ3v) is 2.87. The number of fused-ring (bicyclic) bond motifs is 1. The van der Waals surface area contributed by atoms with E-state index in [-0.39, 0.29) is 18.0 Å². The predicted octanol–water partition coefficient (Wildman–Crippen LogP) is 3.01. The molecule has 3 nitrogen and oxygen atoms in total. The highest BCUT2D eigenvalue weighted by Crippen LogP contribution is 2.29. The summed E-state index contributed by atoms with van der Waals surface area (Å²) in [5.74, 6) is 0.745. The summed E-state index contributed by atoms with van der Waals surface area (Å²) in [5.41, 5.74) is 1.48. The number of ether oxygens (including phenoxy) is 2. The minimum absolute atomic E-state index is 0.0105. The number of ketones is 1. The molecule has 0 radical (unpaired) electrons. The Morgan fingerprint density at radius 1 is 1.39 bits per heavy atom. The summed E-state index contributed by atoms with van der Waals surface area (Å²) in [7, 11) is 0. The fourth-order valence-corrected chi connectivity index (χ4v) is 1.97. The first-order valence-corrected chi connectivity index (χ1v) is 6.39. The van der Waals surface area contributed by atoms with E-state index < -0.39 is 0 Å². The molecular weight excluding hydrogens is 228 g/mol. The van der Waals surface area contributed by atoms with Crippen LogP contribution in [-0.2, 0) is 11.2 Å². The molecule has 1 aliphatic heterocycles. The van der Waals surface area contributed by atoms with Crippen molar-refractivity contribution in [2.45, 2.75) is 39.2 Å². The number of para-hydroxylation sites is 1. The number of rotatable bonds is 3. The standard InChI is InChI=1S/C15H20O3/c1-15(2,3)18-10-13(16)12-8-4-6-11-7-5-9-17-14(11)12/h4,6,8H,5,7,9-10H2,1-3H3. The van der Waals surface area contributed by atoms with Crippen LogP contribution in [0.5, 0.6) is 5.75 Å². The van der Waals surface area contributed by atoms with Gasteiger partial charge in [0.1, 0.15) is 12.4 Å². The van der Waals surface area contributed by atoms with Crippen molar-refractivity contribution < 1.29 is 14.3 Å². The molecule has 0 N–H and O–H groups in total. The second-order valence-corrected chi connectivity index (χ2v) is 5.57. The van der Waals surface area contributed by atoms with Gasteiger partial charge in [0, 0.05) is 0 Å². The zero-order valence-electron chi connectivity index (χ0n) is 11.3. The molecule has 18 heavy (non-hydrogen) atoms. The van der Waals surface area contributed by atoms with E-state index in [4.69, 9.17) is 9.47 Å². The van der Waals surface area contributed by atoms with Gasteiger partial charge in [0.15, 0.2) is 5.78 Å². The Kier molecular flexibility index (Phi) is 3.71. The van der Waals surface area contributed by atoms with Gasteiger partial charge in [0.05, 0.1) is 17.8 Å². The zero-order chi connectivity index (χ0) is 13.2. The molecule has 0 bridgehead atoms. The lowest BCUT2D eigenvalue weighted by Crippen LogP contribution is -2.24. The smallest absolute Gasteiger partial charge is 0.192 e. The Hall–Kier alpha value is -1.35. The summed E-state index contributed by atoms with van der Waals surface area (Å²) in [6, 6.07) is 5.76. The minimum atomic E-state index is -0.300. The molecule has 0 spiro atoms. The molecule has 1 aliphatic rings. The summed E-state index contributed by atoms with van der Waals surface area (Å²) in [6.45, 7) is 6.62. The monoisotopic (exact) mass is 248 g/mol. The molecule has 0 atom stereocenters. The number of aryl methyl sites for hydroxylation is 1. The van der Waals surface area contributed by atoms with E-state index in [9.17, 15) is 4.79 Å². The first-order chi connectivity index (χ1) is 8.47. The first kappa shape index (κ1) is 13.1. The minimum Gasteiger partial charge on any atom is -0.493 e. The molecule has 0 aliphatic carbocycles. The second-order valence-electron chi connectivity index (χ2n) is 5.57. The summed E-state index contributed by atoms with van der Waals surface area (Å²) in [4.78, 5) is 12.2. The van der Waals surface area contributed by atoms with Crippen molar-refractivity contribution >= 4 is 5.78 Å². The molecule has 3 heteroatoms. The van der Waals surface area contributed by atoms with Gasteiger partial charge < -0.3 is 9.47 Å². The maximum absolute atomic E-state index is 12.2. The van der Waals surface area contributed by atoms with Gasteiger partial charge in [0.2, 0.25) is 0 Å². The Morgan fingerprint density at radius 3 is 2.89 bits per heavy atom. The van der Waals surface area contributed by atoms with Crippen molar-refractivity contribution in [3.8, 4) is 5.75 Å². The summed E-state index contributed by atoms with van der Waals surface area (Å²) in [5, 5.41) is 0. The van der Waals surface area contributed by atoms with Crippen LogP contribution in [0.4, 0.5) is 0 Å². The molecule has 0 unspecified atom stereocenters. The molecule has 0 fully saturated rings. The van der Waals surface area contributed by atoms with Gasteiger partial charge in [-0.15, -0.1) is 0 Å². The van der Waals surface area contributed by atoms with Gasteiger partial charge in [-0.25, -0.2) is 0 Å². The van der Waals surface area contributed by atoms with E-state index in [1.54, 1.807) is 0 Å². The normalized spacial score (nSPS) is 14.8. The Morgan fingerprint density at radius 2 is 2.17 bits per heavy atom. The zero-order valence-corrected chi connectivity index (χ0v) is 11.3. The van der Waals surface area contributed by atoms with Crippen LogP contribution in [0.3, 0.4) is 0 Å². The first-order valence-electron chi connectivity index (χ1n) is 6.39. The van der Waals surface area contributed by atoms with Crippen LogP contribution in [-0.4, -0.2) is 24.6 Å². The van der Waals surface area contributed by atoms with Crippen molar-refractivity contribution in [3.63, 3.8) is 0 Å². The Bertz CT molecular complexity index is 444. The molecule has 98 valence electrons. The highest BCUT2D eigenvalue weighted by Gasteiger charge is 2.20. The van der Waals surface area contributed by atoms with E-state index in [0.717, 1.165) is 24.2 Å². The van der Waals surface area contributed by atoms with Crippen LogP contribution in [0.25, 0.3) is 0 Å². The molecule has 2 rings (SSSR count). The number of carbonyl (C=O) groups excluding carboxylic acids is 1. The molecular formula is C15H20O3. The molecule has 1 aromatic rings. The van der Waals surface area contributed by atoms with E-state index >= 15 is 0 Å². The molecule has 0 saturated heterocycles. The summed E-state index contributed by atoms with van der Waals surface area (Å²) < 4.78 is 11.2. The van der Waals surface area contributed by atoms with E-state index in [1.165, 1.54) is 0 Å². The van der Waals surface area contributed by atoms with Crippen LogP contribution in [0.2, 0.25) is 0 Å². The third kappa shape index (κ3) is 3.10. The largest absolute Gasteiger partial charge is 0.493 e. The van der Waals surface area contributed by atoms with Gasteiger partial charge in [-0.2, -0.15) is 0 Å². The van der Waals surface area contributed by atoms with Crippen molar-refractivity contribution in [2.24, 2.45) is 0 Å². The Balaban J connectivity index is 2.15. The number of Topliss-reactive ketones (excluding diaryl/α,β-unsaturated/α-hetero) is 1. The lowest BCUT2D eigenvalue weighted by Gasteiger charge is -2.22. The van der Waals surface area contributed by atoms with Crippen LogP contribution < -0.4 is 4.74 Å². The number of hydrogen-bond acceptors (Lipinski definition) is 3. The van der Waals surface area contributed by atoms with Crippen molar-refractivity contribution in [2.75, 3.05) is 13.2 Å². The molecule has 0 amide bonds. The van der Waals surface area contributed by atoms with Gasteiger partial charge in [-0.05, 0) is 45.2 Å². The van der Waals surface area contributed by atoms with Crippen molar-refractivity contribution in [1.29, 1.82) is 0 Å². The molecule has 0 saturated carbocycles. The lowest BCUT2D eigenvalue weighted by atomic mass is 10.0. The highest BCUT2D eigenvalue weighted by atomic mass is 16.5. The fraction of sp³-hybridized carbons (Fsp3) is 0.533. The maximum Gasteiger partial charge on any atom is 0.192 e. The average molecular weight is 248 g/mol. The highest BCUT2D eigenvalue weighted by molar-refractivity contribution is 6.00. The lowest BCUT2D eigenvalue weighted by molar-refractivity contribution is 0.00291. The number of benzene rings is 1. The third-order valence-electron chi connectivity index (χ3n) is 2.87. The van der Waals surface area contributed by atoms with Gasteiger partial charge in [0.25, 0.3) is 0 Å². The van der Waals surface area contributed by atoms with E-state index in [2.05, 4.69) is 0 Å². The molecule has 1 heterocycles. The van der Waals surface area contributed by atoms with E-state index in [0.29, 0.717) is 12.2 Å². The fourth-order valence-electron chi connectivity index (χ4n) is 1.97. The van der Waals surface area contributed by atoms with Crippen LogP contribution in [0.15, 0.2) is 18.2 Å². The summed E-state index contributed by atoms with van der Waals surface area (Å²) >= 11 is 0. The SMILES string of the molecule is CC(C)(C)OCC(=O)c1cccc2c1OCCC2. The predicted molar refractivity (Wildman–Crippen MR) is 70.3 cm³/mol. The topological polar surface area (TPSA) is 35.5 Å². The van der Waals surface area contributed by atoms with Gasteiger partial charge in [-0.3, -0.25) is 4.79 Å². The molecule has 0 aromatic heterocycles. The van der Waals surface area contributed by atoms with Crippen LogP contribution in [0, 0.1) is 0 Å². The van der Waals surface area contributed by atoms with Gasteiger partial charge in [-0.1, -0.05) is 12.1 Å². The average Bonchev–Trinajstić information content (AvgIpc) is 2.34. The number of carbonyl (C=O) groups is 1. The van der Waals surface area contributed by atoms with Gasteiger partial charge >= 0.3 is 0 Å². The summed E-state index contributed by atoms with van der Waals surface area (Å²) in [6.07, 6.45) is 2.00. The van der Waals surface area contributed by atoms with E-state index in [1.807, 2.05) is 39.0 Å². The van der Waals surface area contributed by atoms with Crippen molar-refractivity contribution in [1.82, 2.24) is 0 Å². The van der Waals surface area contributed by atoms with Crippen LogP contribution in [0.1, 0.15) is 43.1 Å². The Labute approximate surface area is 108 Å². The van der Waals surface area contributed by atoms with Crippen LogP contribution >= 0.6 is 0 Å². The maximum atomic E-state index is 12.2. The number of hydrogen-bond donors (Lipinski definition) is 0. The van der Waals surface area contributed by atoms with Crippen molar-refractivity contribution in [3.05, 3.63) is 29.3 Å². The molecule has 1 aromatic carbocycles. The quantitative estimate of drug-likeness (QED) is 0.771. The second kappa shape index (κ2) is 5.11.